The fraction of sp³-hybridized carbons (Fsp3) is 0.417. The largest absolute Gasteiger partial charge is 0.354 e. The van der Waals surface area contributed by atoms with Gasteiger partial charge in [0.25, 0.3) is 0 Å². The quantitative estimate of drug-likeness (QED) is 0.451. The molecule has 2 amide bonds. The van der Waals surface area contributed by atoms with E-state index in [1.807, 2.05) is 13.8 Å². The van der Waals surface area contributed by atoms with Crippen molar-refractivity contribution >= 4 is 50.7 Å². The number of hydrogen-bond acceptors (Lipinski definition) is 4. The van der Waals surface area contributed by atoms with Crippen LogP contribution in [-0.4, -0.2) is 50.5 Å². The molecule has 11 heteroatoms. The summed E-state index contributed by atoms with van der Waals surface area (Å²) in [7, 11) is -3.96. The standard InChI is InChI=1S/C24H30Cl2FN3O4S/c1-5-22(24(32)28-13-16(2)3)29(14-19-20(25)10-7-11-21(19)26)23(31)15-30(35(4,33)34)18-9-6-8-17(27)12-18/h6-12,16,22H,5,13-15H2,1-4H3,(H,28,32). The molecule has 0 aliphatic carbocycles. The van der Waals surface area contributed by atoms with Crippen molar-refractivity contribution < 1.29 is 22.4 Å². The van der Waals surface area contributed by atoms with Gasteiger partial charge in [-0.2, -0.15) is 0 Å². The lowest BCUT2D eigenvalue weighted by Crippen LogP contribution is -2.52. The smallest absolute Gasteiger partial charge is 0.244 e. The van der Waals surface area contributed by atoms with Gasteiger partial charge in [0, 0.05) is 28.7 Å². The van der Waals surface area contributed by atoms with Gasteiger partial charge >= 0.3 is 0 Å². The number of amides is 2. The molecule has 35 heavy (non-hydrogen) atoms. The van der Waals surface area contributed by atoms with Gasteiger partial charge in [0.05, 0.1) is 11.9 Å². The summed E-state index contributed by atoms with van der Waals surface area (Å²) in [6.07, 6.45) is 1.18. The molecule has 0 heterocycles. The van der Waals surface area contributed by atoms with Crippen molar-refractivity contribution in [3.8, 4) is 0 Å². The predicted molar refractivity (Wildman–Crippen MR) is 138 cm³/mol. The van der Waals surface area contributed by atoms with Crippen molar-refractivity contribution in [1.82, 2.24) is 10.2 Å². The van der Waals surface area contributed by atoms with Crippen LogP contribution in [0.25, 0.3) is 0 Å². The van der Waals surface area contributed by atoms with Crippen LogP contribution in [0.3, 0.4) is 0 Å². The van der Waals surface area contributed by atoms with Gasteiger partial charge in [0.2, 0.25) is 21.8 Å². The lowest BCUT2D eigenvalue weighted by atomic mass is 10.1. The highest BCUT2D eigenvalue weighted by molar-refractivity contribution is 7.92. The molecular weight excluding hydrogens is 516 g/mol. The molecule has 1 unspecified atom stereocenters. The third-order valence-corrected chi connectivity index (χ3v) is 7.08. The summed E-state index contributed by atoms with van der Waals surface area (Å²) in [5.74, 6) is -1.51. The normalized spacial score (nSPS) is 12.3. The Morgan fingerprint density at radius 3 is 2.20 bits per heavy atom. The van der Waals surface area contributed by atoms with E-state index >= 15 is 0 Å². The maximum Gasteiger partial charge on any atom is 0.244 e. The van der Waals surface area contributed by atoms with Crippen LogP contribution in [0.15, 0.2) is 42.5 Å². The van der Waals surface area contributed by atoms with Crippen LogP contribution < -0.4 is 9.62 Å². The fourth-order valence-corrected chi connectivity index (χ4v) is 4.80. The molecule has 0 aromatic heterocycles. The van der Waals surface area contributed by atoms with E-state index in [1.165, 1.54) is 23.1 Å². The van der Waals surface area contributed by atoms with Gasteiger partial charge in [0.1, 0.15) is 18.4 Å². The second-order valence-electron chi connectivity index (χ2n) is 8.53. The average Bonchev–Trinajstić information content (AvgIpc) is 2.76. The molecule has 2 rings (SSSR count). The molecule has 0 aliphatic rings. The number of hydrogen-bond donors (Lipinski definition) is 1. The van der Waals surface area contributed by atoms with Crippen LogP contribution in [0.4, 0.5) is 10.1 Å². The summed E-state index contributed by atoms with van der Waals surface area (Å²) in [5, 5.41) is 3.43. The Kier molecular flexibility index (Phi) is 10.4. The second-order valence-corrected chi connectivity index (χ2v) is 11.3. The Morgan fingerprint density at radius 1 is 1.09 bits per heavy atom. The van der Waals surface area contributed by atoms with Gasteiger partial charge in [-0.05, 0) is 42.7 Å². The molecule has 1 atom stereocenters. The zero-order valence-electron chi connectivity index (χ0n) is 20.1. The highest BCUT2D eigenvalue weighted by Gasteiger charge is 2.32. The first-order chi connectivity index (χ1) is 16.3. The first kappa shape index (κ1) is 28.9. The van der Waals surface area contributed by atoms with E-state index < -0.39 is 34.3 Å². The second kappa shape index (κ2) is 12.6. The molecule has 0 radical (unpaired) electrons. The zero-order valence-corrected chi connectivity index (χ0v) is 22.4. The predicted octanol–water partition coefficient (Wildman–Crippen LogP) is 4.48. The Balaban J connectivity index is 2.48. The van der Waals surface area contributed by atoms with Crippen molar-refractivity contribution in [3.63, 3.8) is 0 Å². The molecule has 2 aromatic rings. The molecular formula is C24H30Cl2FN3O4S. The fourth-order valence-electron chi connectivity index (χ4n) is 3.44. The van der Waals surface area contributed by atoms with Crippen molar-refractivity contribution in [1.29, 1.82) is 0 Å². The number of nitrogens with zero attached hydrogens (tertiary/aromatic N) is 2. The molecule has 0 bridgehead atoms. The Morgan fingerprint density at radius 2 is 1.69 bits per heavy atom. The van der Waals surface area contributed by atoms with Gasteiger partial charge in [-0.3, -0.25) is 13.9 Å². The Bertz CT molecular complexity index is 1140. The summed E-state index contributed by atoms with van der Waals surface area (Å²) in [6.45, 7) is 5.27. The minimum atomic E-state index is -3.96. The number of halogens is 3. The van der Waals surface area contributed by atoms with Gasteiger partial charge in [0.15, 0.2) is 0 Å². The van der Waals surface area contributed by atoms with Crippen LogP contribution in [-0.2, 0) is 26.2 Å². The van der Waals surface area contributed by atoms with E-state index in [9.17, 15) is 22.4 Å². The SMILES string of the molecule is CCC(C(=O)NCC(C)C)N(Cc1c(Cl)cccc1Cl)C(=O)CN(c1cccc(F)c1)S(C)(=O)=O. The Labute approximate surface area is 216 Å². The van der Waals surface area contributed by atoms with Crippen LogP contribution in [0.1, 0.15) is 32.8 Å². The monoisotopic (exact) mass is 545 g/mol. The summed E-state index contributed by atoms with van der Waals surface area (Å²) < 4.78 is 39.7. The Hall–Kier alpha value is -2.36. The number of rotatable bonds is 11. The molecule has 0 aliphatic heterocycles. The van der Waals surface area contributed by atoms with E-state index in [0.717, 1.165) is 16.6 Å². The van der Waals surface area contributed by atoms with E-state index in [-0.39, 0.29) is 30.5 Å². The highest BCUT2D eigenvalue weighted by atomic mass is 35.5. The summed E-state index contributed by atoms with van der Waals surface area (Å²) in [6, 6.07) is 8.90. The van der Waals surface area contributed by atoms with Crippen molar-refractivity contribution in [2.45, 2.75) is 39.8 Å². The minimum Gasteiger partial charge on any atom is -0.354 e. The molecule has 0 saturated carbocycles. The zero-order chi connectivity index (χ0) is 26.3. The van der Waals surface area contributed by atoms with Crippen molar-refractivity contribution in [2.24, 2.45) is 5.92 Å². The minimum absolute atomic E-state index is 0.00566. The molecule has 7 nitrogen and oxygen atoms in total. The van der Waals surface area contributed by atoms with Crippen LogP contribution in [0.5, 0.6) is 0 Å². The number of nitrogens with one attached hydrogen (secondary N) is 1. The number of carbonyl (C=O) groups is 2. The first-order valence-corrected chi connectivity index (χ1v) is 13.7. The van der Waals surface area contributed by atoms with E-state index in [4.69, 9.17) is 23.2 Å². The number of sulfonamides is 1. The topological polar surface area (TPSA) is 86.8 Å². The third-order valence-electron chi connectivity index (χ3n) is 5.24. The maximum absolute atomic E-state index is 13.8. The molecule has 2 aromatic carbocycles. The summed E-state index contributed by atoms with van der Waals surface area (Å²) in [4.78, 5) is 27.9. The van der Waals surface area contributed by atoms with Crippen molar-refractivity contribution in [3.05, 3.63) is 63.9 Å². The van der Waals surface area contributed by atoms with Crippen LogP contribution in [0.2, 0.25) is 10.0 Å². The maximum atomic E-state index is 13.8. The molecule has 1 N–H and O–H groups in total. The van der Waals surface area contributed by atoms with Gasteiger partial charge in [-0.1, -0.05) is 56.1 Å². The first-order valence-electron chi connectivity index (χ1n) is 11.1. The van der Waals surface area contributed by atoms with Crippen LogP contribution in [0, 0.1) is 11.7 Å². The lowest BCUT2D eigenvalue weighted by molar-refractivity contribution is -0.140. The summed E-state index contributed by atoms with van der Waals surface area (Å²) >= 11 is 12.7. The molecule has 0 spiro atoms. The van der Waals surface area contributed by atoms with Crippen LogP contribution >= 0.6 is 23.2 Å². The van der Waals surface area contributed by atoms with Crippen molar-refractivity contribution in [2.75, 3.05) is 23.7 Å². The average molecular weight is 546 g/mol. The number of carbonyl (C=O) groups excluding carboxylic acids is 2. The molecule has 0 fully saturated rings. The third kappa shape index (κ3) is 8.08. The highest BCUT2D eigenvalue weighted by Crippen LogP contribution is 2.27. The number of benzene rings is 2. The summed E-state index contributed by atoms with van der Waals surface area (Å²) in [5.41, 5.74) is 0.421. The van der Waals surface area contributed by atoms with Gasteiger partial charge in [-0.15, -0.1) is 0 Å². The van der Waals surface area contributed by atoms with Gasteiger partial charge in [-0.25, -0.2) is 12.8 Å². The number of anilines is 1. The van der Waals surface area contributed by atoms with Gasteiger partial charge < -0.3 is 10.2 Å². The van der Waals surface area contributed by atoms with E-state index in [0.29, 0.717) is 22.2 Å². The molecule has 0 saturated heterocycles. The molecule has 192 valence electrons. The lowest BCUT2D eigenvalue weighted by Gasteiger charge is -2.33. The van der Waals surface area contributed by atoms with E-state index in [1.54, 1.807) is 25.1 Å². The van der Waals surface area contributed by atoms with E-state index in [2.05, 4.69) is 5.32 Å².